The molecule has 1 atom stereocenters. The van der Waals surface area contributed by atoms with Crippen molar-refractivity contribution in [3.05, 3.63) is 0 Å². The predicted molar refractivity (Wildman–Crippen MR) is 43.7 cm³/mol. The summed E-state index contributed by atoms with van der Waals surface area (Å²) in [5.74, 6) is 0.729. The molecule has 0 amide bonds. The highest BCUT2D eigenvalue weighted by Crippen LogP contribution is 2.06. The lowest BCUT2D eigenvalue weighted by atomic mass is 10.1. The van der Waals surface area contributed by atoms with Crippen LogP contribution in [0.15, 0.2) is 0 Å². The molecule has 1 saturated heterocycles. The smallest absolute Gasteiger partial charge is 0.0700 e. The van der Waals surface area contributed by atoms with Gasteiger partial charge < -0.3 is 14.8 Å². The molecular weight excluding hydrogens is 142 g/mol. The SMILES string of the molecule is COCCOCC1CCNC1. The molecule has 1 fully saturated rings. The summed E-state index contributed by atoms with van der Waals surface area (Å²) in [5, 5.41) is 3.30. The van der Waals surface area contributed by atoms with Crippen LogP contribution in [0.3, 0.4) is 0 Å². The molecule has 0 aliphatic carbocycles. The first-order chi connectivity index (χ1) is 5.43. The van der Waals surface area contributed by atoms with Crippen molar-refractivity contribution in [3.8, 4) is 0 Å². The topological polar surface area (TPSA) is 30.5 Å². The summed E-state index contributed by atoms with van der Waals surface area (Å²) in [5.41, 5.74) is 0. The third kappa shape index (κ3) is 3.70. The maximum Gasteiger partial charge on any atom is 0.0700 e. The first-order valence-electron chi connectivity index (χ1n) is 4.21. The molecule has 1 heterocycles. The van der Waals surface area contributed by atoms with E-state index in [1.54, 1.807) is 7.11 Å². The van der Waals surface area contributed by atoms with E-state index in [0.29, 0.717) is 6.61 Å². The Balaban J connectivity index is 1.86. The van der Waals surface area contributed by atoms with E-state index >= 15 is 0 Å². The van der Waals surface area contributed by atoms with Crippen LogP contribution >= 0.6 is 0 Å². The van der Waals surface area contributed by atoms with Gasteiger partial charge in [0.25, 0.3) is 0 Å². The number of ether oxygens (including phenoxy) is 2. The molecular formula is C8H17NO2. The van der Waals surface area contributed by atoms with Crippen LogP contribution in [0.2, 0.25) is 0 Å². The van der Waals surface area contributed by atoms with Crippen LogP contribution in [0.4, 0.5) is 0 Å². The maximum atomic E-state index is 5.39. The van der Waals surface area contributed by atoms with Crippen LogP contribution in [0.5, 0.6) is 0 Å². The van der Waals surface area contributed by atoms with Crippen molar-refractivity contribution in [1.29, 1.82) is 0 Å². The Morgan fingerprint density at radius 1 is 1.45 bits per heavy atom. The second kappa shape index (κ2) is 5.52. The van der Waals surface area contributed by atoms with E-state index in [2.05, 4.69) is 5.32 Å². The van der Waals surface area contributed by atoms with Crippen molar-refractivity contribution in [3.63, 3.8) is 0 Å². The molecule has 11 heavy (non-hydrogen) atoms. The van der Waals surface area contributed by atoms with Crippen LogP contribution in [0, 0.1) is 5.92 Å². The highest BCUT2D eigenvalue weighted by molar-refractivity contribution is 4.69. The Bertz CT molecular complexity index is 92.1. The van der Waals surface area contributed by atoms with Gasteiger partial charge in [-0.3, -0.25) is 0 Å². The van der Waals surface area contributed by atoms with Crippen LogP contribution in [0.25, 0.3) is 0 Å². The Kier molecular flexibility index (Phi) is 4.50. The first kappa shape index (κ1) is 8.97. The van der Waals surface area contributed by atoms with Crippen LogP contribution in [0.1, 0.15) is 6.42 Å². The van der Waals surface area contributed by atoms with Gasteiger partial charge in [0.2, 0.25) is 0 Å². The number of hydrogen-bond donors (Lipinski definition) is 1. The Labute approximate surface area is 68.1 Å². The van der Waals surface area contributed by atoms with Gasteiger partial charge in [-0.05, 0) is 18.9 Å². The van der Waals surface area contributed by atoms with Gasteiger partial charge in [-0.25, -0.2) is 0 Å². The summed E-state index contributed by atoms with van der Waals surface area (Å²) >= 11 is 0. The summed E-state index contributed by atoms with van der Waals surface area (Å²) in [6.45, 7) is 4.59. The van der Waals surface area contributed by atoms with Gasteiger partial charge in [0.15, 0.2) is 0 Å². The third-order valence-electron chi connectivity index (χ3n) is 1.95. The van der Waals surface area contributed by atoms with E-state index in [1.165, 1.54) is 6.42 Å². The van der Waals surface area contributed by atoms with Gasteiger partial charge in [-0.15, -0.1) is 0 Å². The van der Waals surface area contributed by atoms with Crippen LogP contribution < -0.4 is 5.32 Å². The zero-order valence-corrected chi connectivity index (χ0v) is 7.14. The Morgan fingerprint density at radius 3 is 3.00 bits per heavy atom. The average molecular weight is 159 g/mol. The van der Waals surface area contributed by atoms with Crippen molar-refractivity contribution in [2.45, 2.75) is 6.42 Å². The normalized spacial score (nSPS) is 24.3. The molecule has 0 bridgehead atoms. The van der Waals surface area contributed by atoms with E-state index in [9.17, 15) is 0 Å². The standard InChI is InChI=1S/C8H17NO2/c1-10-4-5-11-7-8-2-3-9-6-8/h8-9H,2-7H2,1H3. The third-order valence-corrected chi connectivity index (χ3v) is 1.95. The van der Waals surface area contributed by atoms with E-state index in [4.69, 9.17) is 9.47 Å². The minimum atomic E-state index is 0.708. The summed E-state index contributed by atoms with van der Waals surface area (Å²) in [6, 6.07) is 0. The molecule has 66 valence electrons. The molecule has 0 aromatic heterocycles. The Morgan fingerprint density at radius 2 is 2.36 bits per heavy atom. The van der Waals surface area contributed by atoms with Gasteiger partial charge >= 0.3 is 0 Å². The number of nitrogens with one attached hydrogen (secondary N) is 1. The molecule has 0 aromatic rings. The predicted octanol–water partition coefficient (Wildman–Crippen LogP) is 0.259. The van der Waals surface area contributed by atoms with Crippen LogP contribution in [-0.4, -0.2) is 40.0 Å². The van der Waals surface area contributed by atoms with E-state index in [-0.39, 0.29) is 0 Å². The van der Waals surface area contributed by atoms with E-state index in [1.807, 2.05) is 0 Å². The lowest BCUT2D eigenvalue weighted by molar-refractivity contribution is 0.0546. The summed E-state index contributed by atoms with van der Waals surface area (Å²) < 4.78 is 10.3. The van der Waals surface area contributed by atoms with Crippen molar-refractivity contribution < 1.29 is 9.47 Å². The highest BCUT2D eigenvalue weighted by atomic mass is 16.5. The van der Waals surface area contributed by atoms with Crippen molar-refractivity contribution >= 4 is 0 Å². The number of hydrogen-bond acceptors (Lipinski definition) is 3. The molecule has 0 radical (unpaired) electrons. The zero-order valence-electron chi connectivity index (χ0n) is 7.14. The Hall–Kier alpha value is -0.120. The summed E-state index contributed by atoms with van der Waals surface area (Å²) in [4.78, 5) is 0. The molecule has 1 N–H and O–H groups in total. The van der Waals surface area contributed by atoms with Gasteiger partial charge in [0.1, 0.15) is 0 Å². The molecule has 0 saturated carbocycles. The summed E-state index contributed by atoms with van der Waals surface area (Å²) in [7, 11) is 1.69. The maximum absolute atomic E-state index is 5.39. The van der Waals surface area contributed by atoms with Gasteiger partial charge in [0.05, 0.1) is 19.8 Å². The second-order valence-electron chi connectivity index (χ2n) is 2.93. The van der Waals surface area contributed by atoms with Gasteiger partial charge in [0, 0.05) is 13.7 Å². The minimum Gasteiger partial charge on any atom is -0.382 e. The molecule has 3 heteroatoms. The molecule has 1 rings (SSSR count). The van der Waals surface area contributed by atoms with Gasteiger partial charge in [-0.2, -0.15) is 0 Å². The average Bonchev–Trinajstić information content (AvgIpc) is 2.50. The van der Waals surface area contributed by atoms with Crippen molar-refractivity contribution in [1.82, 2.24) is 5.32 Å². The van der Waals surface area contributed by atoms with E-state index < -0.39 is 0 Å². The monoisotopic (exact) mass is 159 g/mol. The van der Waals surface area contributed by atoms with Gasteiger partial charge in [-0.1, -0.05) is 0 Å². The fourth-order valence-corrected chi connectivity index (χ4v) is 1.25. The second-order valence-corrected chi connectivity index (χ2v) is 2.93. The highest BCUT2D eigenvalue weighted by Gasteiger charge is 2.13. The van der Waals surface area contributed by atoms with Crippen molar-refractivity contribution in [2.24, 2.45) is 5.92 Å². The quantitative estimate of drug-likeness (QED) is 0.584. The lowest BCUT2D eigenvalue weighted by Crippen LogP contribution is -2.15. The van der Waals surface area contributed by atoms with Crippen LogP contribution in [-0.2, 0) is 9.47 Å². The molecule has 1 unspecified atom stereocenters. The largest absolute Gasteiger partial charge is 0.382 e. The molecule has 0 spiro atoms. The molecule has 1 aliphatic heterocycles. The zero-order chi connectivity index (χ0) is 7.94. The fourth-order valence-electron chi connectivity index (χ4n) is 1.25. The number of rotatable bonds is 5. The van der Waals surface area contributed by atoms with E-state index in [0.717, 1.165) is 32.2 Å². The first-order valence-corrected chi connectivity index (χ1v) is 4.21. The van der Waals surface area contributed by atoms with Crippen molar-refractivity contribution in [2.75, 3.05) is 40.0 Å². The minimum absolute atomic E-state index is 0.708. The number of methoxy groups -OCH3 is 1. The fraction of sp³-hybridized carbons (Fsp3) is 1.00. The molecule has 0 aromatic carbocycles. The lowest BCUT2D eigenvalue weighted by Gasteiger charge is -2.08. The molecule has 3 nitrogen and oxygen atoms in total. The molecule has 1 aliphatic rings. The summed E-state index contributed by atoms with van der Waals surface area (Å²) in [6.07, 6.45) is 1.26.